The zero-order valence-corrected chi connectivity index (χ0v) is 31.0. The van der Waals surface area contributed by atoms with Crippen LogP contribution < -0.4 is 29.9 Å². The van der Waals surface area contributed by atoms with E-state index in [0.717, 1.165) is 45.1 Å². The molecule has 4 N–H and O–H groups in total. The van der Waals surface area contributed by atoms with Crippen LogP contribution in [0.4, 0.5) is 11.4 Å². The highest BCUT2D eigenvalue weighted by atomic mass is 16.5. The highest BCUT2D eigenvalue weighted by Crippen LogP contribution is 2.31. The second kappa shape index (κ2) is 17.6. The van der Waals surface area contributed by atoms with E-state index in [4.69, 9.17) is 9.47 Å². The zero-order valence-electron chi connectivity index (χ0n) is 31.0. The van der Waals surface area contributed by atoms with Crippen molar-refractivity contribution in [1.29, 1.82) is 0 Å². The van der Waals surface area contributed by atoms with Gasteiger partial charge in [0.25, 0.3) is 0 Å². The van der Waals surface area contributed by atoms with E-state index < -0.39 is 17.7 Å². The minimum atomic E-state index is -0.476. The number of benzene rings is 5. The molecular weight excluding hydrogens is 711 g/mol. The molecule has 0 spiro atoms. The summed E-state index contributed by atoms with van der Waals surface area (Å²) in [5.74, 6) is -0.277. The Morgan fingerprint density at radius 2 is 1.07 bits per heavy atom. The van der Waals surface area contributed by atoms with Gasteiger partial charge in [-0.2, -0.15) is 0 Å². The van der Waals surface area contributed by atoms with Gasteiger partial charge in [0.1, 0.15) is 24.6 Å². The first kappa shape index (κ1) is 37.6. The lowest BCUT2D eigenvalue weighted by Crippen LogP contribution is -2.46. The molecule has 7 rings (SSSR count). The smallest absolute Gasteiger partial charge is 0.239 e. The molecule has 56 heavy (non-hydrogen) atoms. The van der Waals surface area contributed by atoms with Crippen LogP contribution in [-0.2, 0) is 46.7 Å². The molecule has 2 heterocycles. The molecule has 12 heteroatoms. The second-order valence-corrected chi connectivity index (χ2v) is 13.9. The van der Waals surface area contributed by atoms with Gasteiger partial charge in [-0.1, -0.05) is 66.7 Å². The third-order valence-corrected chi connectivity index (χ3v) is 9.86. The van der Waals surface area contributed by atoms with Crippen molar-refractivity contribution in [3.8, 4) is 23.0 Å². The number of aromatic hydroxyl groups is 2. The molecule has 3 amide bonds. The summed E-state index contributed by atoms with van der Waals surface area (Å²) in [7, 11) is 0. The molecule has 0 aromatic heterocycles. The summed E-state index contributed by atoms with van der Waals surface area (Å²) < 4.78 is 12.0. The lowest BCUT2D eigenvalue weighted by molar-refractivity contribution is -0.138. The molecule has 2 aliphatic rings. The van der Waals surface area contributed by atoms with E-state index in [0.29, 0.717) is 58.0 Å². The van der Waals surface area contributed by atoms with Gasteiger partial charge in [0.15, 0.2) is 25.0 Å². The van der Waals surface area contributed by atoms with E-state index in [1.807, 2.05) is 84.9 Å². The number of phenolic OH excluding ortho intramolecular Hbond substituents is 2. The normalized spacial score (nSPS) is 13.1. The Morgan fingerprint density at radius 3 is 1.55 bits per heavy atom. The number of carbonyl (C=O) groups is 3. The number of hydrogen-bond donors (Lipinski definition) is 4. The van der Waals surface area contributed by atoms with Crippen molar-refractivity contribution in [2.75, 3.05) is 49.4 Å². The number of anilines is 2. The lowest BCUT2D eigenvalue weighted by Gasteiger charge is -2.31. The van der Waals surface area contributed by atoms with Crippen molar-refractivity contribution in [3.63, 3.8) is 0 Å². The predicted molar refractivity (Wildman–Crippen MR) is 213 cm³/mol. The molecule has 0 saturated heterocycles. The summed E-state index contributed by atoms with van der Waals surface area (Å²) in [6.07, 6.45) is 0.943. The van der Waals surface area contributed by atoms with Gasteiger partial charge in [-0.15, -0.1) is 0 Å². The van der Waals surface area contributed by atoms with Crippen molar-refractivity contribution in [3.05, 3.63) is 143 Å². The van der Waals surface area contributed by atoms with Crippen LogP contribution in [-0.4, -0.2) is 72.5 Å². The minimum absolute atomic E-state index is 0.178. The fourth-order valence-corrected chi connectivity index (χ4v) is 6.86. The standard InChI is InChI=1S/C44H45N5O7/c50-38-14-11-33(23-39(38)51)24-44(54)47(27-42(52)45-19-17-31-12-15-40-34(21-31)25-48(29-55-40)36-7-3-1-4-8-36)28-43(53)46-20-18-32-13-16-41-35(22-32)26-49(30-56-41)37-9-5-2-6-10-37/h1-16,21-23,50-51H,17-20,24-30H2,(H,45,52)(H,46,53). The first-order chi connectivity index (χ1) is 27.3. The van der Waals surface area contributed by atoms with E-state index in [1.165, 1.54) is 23.1 Å². The van der Waals surface area contributed by atoms with Crippen molar-refractivity contribution in [2.24, 2.45) is 0 Å². The quantitative estimate of drug-likeness (QED) is 0.117. The maximum atomic E-state index is 13.5. The largest absolute Gasteiger partial charge is 0.504 e. The number of ether oxygens (including phenoxy) is 2. The number of nitrogens with one attached hydrogen (secondary N) is 2. The summed E-state index contributed by atoms with van der Waals surface area (Å²) in [4.78, 5) is 45.4. The zero-order chi connectivity index (χ0) is 38.9. The summed E-state index contributed by atoms with van der Waals surface area (Å²) in [5.41, 5.74) is 6.76. The predicted octanol–water partition coefficient (Wildman–Crippen LogP) is 4.90. The maximum Gasteiger partial charge on any atom is 0.239 e. The van der Waals surface area contributed by atoms with Crippen LogP contribution in [0.1, 0.15) is 27.8 Å². The second-order valence-electron chi connectivity index (χ2n) is 13.9. The Morgan fingerprint density at radius 1 is 0.589 bits per heavy atom. The average Bonchev–Trinajstić information content (AvgIpc) is 3.22. The molecule has 5 aromatic rings. The summed E-state index contributed by atoms with van der Waals surface area (Å²) >= 11 is 0. The fourth-order valence-electron chi connectivity index (χ4n) is 6.86. The van der Waals surface area contributed by atoms with Crippen molar-refractivity contribution >= 4 is 29.1 Å². The van der Waals surface area contributed by atoms with E-state index in [2.05, 4.69) is 32.6 Å². The van der Waals surface area contributed by atoms with Crippen molar-refractivity contribution in [2.45, 2.75) is 32.4 Å². The lowest BCUT2D eigenvalue weighted by atomic mass is 10.1. The Hall–Kier alpha value is -6.69. The first-order valence-electron chi connectivity index (χ1n) is 18.7. The molecule has 5 aromatic carbocycles. The Kier molecular flexibility index (Phi) is 11.8. The number of rotatable bonds is 14. The van der Waals surface area contributed by atoms with Gasteiger partial charge in [-0.3, -0.25) is 14.4 Å². The summed E-state index contributed by atoms with van der Waals surface area (Å²) in [5, 5.41) is 25.5. The molecule has 0 fully saturated rings. The number of hydrogen-bond acceptors (Lipinski definition) is 9. The van der Waals surface area contributed by atoms with Gasteiger partial charge in [-0.05, 0) is 78.1 Å². The summed E-state index contributed by atoms with van der Waals surface area (Å²) in [6, 6.07) is 36.3. The van der Waals surface area contributed by atoms with Crippen LogP contribution in [0.25, 0.3) is 0 Å². The van der Waals surface area contributed by atoms with Crippen LogP contribution in [0.15, 0.2) is 115 Å². The van der Waals surface area contributed by atoms with Crippen LogP contribution in [0.2, 0.25) is 0 Å². The molecular formula is C44H45N5O7. The molecule has 2 aliphatic heterocycles. The Balaban J connectivity index is 0.928. The van der Waals surface area contributed by atoms with E-state index in [9.17, 15) is 24.6 Å². The number of carbonyl (C=O) groups excluding carboxylic acids is 3. The average molecular weight is 756 g/mol. The van der Waals surface area contributed by atoms with Gasteiger partial charge < -0.3 is 45.0 Å². The molecule has 0 unspecified atom stereocenters. The van der Waals surface area contributed by atoms with Gasteiger partial charge in [0.05, 0.1) is 6.42 Å². The van der Waals surface area contributed by atoms with Gasteiger partial charge in [0, 0.05) is 48.7 Å². The molecule has 12 nitrogen and oxygen atoms in total. The van der Waals surface area contributed by atoms with Gasteiger partial charge >= 0.3 is 0 Å². The van der Waals surface area contributed by atoms with Crippen molar-refractivity contribution in [1.82, 2.24) is 15.5 Å². The number of phenols is 2. The maximum absolute atomic E-state index is 13.5. The SMILES string of the molecule is O=C(CN(CC(=O)NCCc1ccc2c(c1)CN(c1ccccc1)CO2)C(=O)Cc1ccc(O)c(O)c1)NCCc1ccc2c(c1)CN(c1ccccc1)CO2. The third-order valence-electron chi connectivity index (χ3n) is 9.86. The number of para-hydroxylation sites is 2. The molecule has 0 bridgehead atoms. The monoisotopic (exact) mass is 755 g/mol. The van der Waals surface area contributed by atoms with Gasteiger partial charge in [0.2, 0.25) is 17.7 Å². The van der Waals surface area contributed by atoms with Crippen LogP contribution >= 0.6 is 0 Å². The van der Waals surface area contributed by atoms with Crippen molar-refractivity contribution < 1.29 is 34.1 Å². The van der Waals surface area contributed by atoms with E-state index >= 15 is 0 Å². The minimum Gasteiger partial charge on any atom is -0.504 e. The topological polar surface area (TPSA) is 144 Å². The molecule has 0 aliphatic carbocycles. The van der Waals surface area contributed by atoms with Crippen LogP contribution in [0.3, 0.4) is 0 Å². The van der Waals surface area contributed by atoms with Gasteiger partial charge in [-0.25, -0.2) is 0 Å². The first-order valence-corrected chi connectivity index (χ1v) is 18.7. The Labute approximate surface area is 325 Å². The number of amides is 3. The molecule has 0 radical (unpaired) electrons. The third kappa shape index (κ3) is 9.69. The highest BCUT2D eigenvalue weighted by molar-refractivity contribution is 5.90. The van der Waals surface area contributed by atoms with Crippen LogP contribution in [0.5, 0.6) is 23.0 Å². The highest BCUT2D eigenvalue weighted by Gasteiger charge is 2.23. The fraction of sp³-hybridized carbons (Fsp3) is 0.250. The van der Waals surface area contributed by atoms with E-state index in [-0.39, 0.29) is 31.0 Å². The Bertz CT molecular complexity index is 2040. The number of fused-ring (bicyclic) bond motifs is 2. The summed E-state index contributed by atoms with van der Waals surface area (Å²) in [6.45, 7) is 2.33. The van der Waals surface area contributed by atoms with Crippen LogP contribution in [0, 0.1) is 0 Å². The molecule has 0 saturated carbocycles. The molecule has 0 atom stereocenters. The number of nitrogens with zero attached hydrogens (tertiary/aromatic N) is 3. The molecule has 288 valence electrons. The van der Waals surface area contributed by atoms with E-state index in [1.54, 1.807) is 0 Å².